The second kappa shape index (κ2) is 7.91. The summed E-state index contributed by atoms with van der Waals surface area (Å²) in [6.07, 6.45) is 0.00429. The quantitative estimate of drug-likeness (QED) is 0.765. The lowest BCUT2D eigenvalue weighted by molar-refractivity contribution is 0.0690. The molecule has 24 heavy (non-hydrogen) atoms. The molecule has 0 saturated carbocycles. The highest BCUT2D eigenvalue weighted by molar-refractivity contribution is 7.89. The molecule has 9 heteroatoms. The van der Waals surface area contributed by atoms with Crippen molar-refractivity contribution in [1.29, 1.82) is 0 Å². The molecule has 2 heterocycles. The smallest absolute Gasteiger partial charge is 0.354 e. The number of sulfonamides is 1. The van der Waals surface area contributed by atoms with Crippen LogP contribution in [0.15, 0.2) is 18.2 Å². The van der Waals surface area contributed by atoms with E-state index < -0.39 is 16.0 Å². The summed E-state index contributed by atoms with van der Waals surface area (Å²) in [5, 5.41) is 9.00. The second-order valence-electron chi connectivity index (χ2n) is 5.81. The van der Waals surface area contributed by atoms with Crippen LogP contribution in [0, 0.1) is 0 Å². The van der Waals surface area contributed by atoms with Crippen molar-refractivity contribution < 1.29 is 23.1 Å². The normalized spacial score (nSPS) is 16.5. The molecule has 0 radical (unpaired) electrons. The van der Waals surface area contributed by atoms with Gasteiger partial charge >= 0.3 is 5.97 Å². The third-order valence-electron chi connectivity index (χ3n) is 3.70. The van der Waals surface area contributed by atoms with Crippen LogP contribution < -0.4 is 4.90 Å². The van der Waals surface area contributed by atoms with Gasteiger partial charge in [0.25, 0.3) is 0 Å². The van der Waals surface area contributed by atoms with Crippen LogP contribution >= 0.6 is 0 Å². The first-order valence-electron chi connectivity index (χ1n) is 7.84. The predicted octanol–water partition coefficient (Wildman–Crippen LogP) is 0.657. The predicted molar refractivity (Wildman–Crippen MR) is 89.9 cm³/mol. The molecule has 0 unspecified atom stereocenters. The first kappa shape index (κ1) is 18.6. The van der Waals surface area contributed by atoms with Gasteiger partial charge in [-0.05, 0) is 26.0 Å². The summed E-state index contributed by atoms with van der Waals surface area (Å²) in [5.74, 6) is -0.559. The van der Waals surface area contributed by atoms with Gasteiger partial charge in [0.05, 0.1) is 18.5 Å². The summed E-state index contributed by atoms with van der Waals surface area (Å²) in [5.41, 5.74) is -0.0200. The fourth-order valence-electron chi connectivity index (χ4n) is 2.43. The van der Waals surface area contributed by atoms with Crippen LogP contribution in [0.25, 0.3) is 0 Å². The van der Waals surface area contributed by atoms with Crippen molar-refractivity contribution in [2.45, 2.75) is 20.0 Å². The standard InChI is InChI=1S/C15H23N3O5S/c1-12(2)23-10-11-24(21,22)18-8-6-17(7-9-18)14-5-3-4-13(16-14)15(19)20/h3-5,12H,6-11H2,1-2H3,(H,19,20). The summed E-state index contributed by atoms with van der Waals surface area (Å²) >= 11 is 0. The number of carboxylic acid groups (broad SMARTS) is 1. The van der Waals surface area contributed by atoms with Crippen LogP contribution in [-0.4, -0.2) is 73.4 Å². The maximum atomic E-state index is 12.3. The number of aromatic carboxylic acids is 1. The van der Waals surface area contributed by atoms with Gasteiger partial charge in [0.15, 0.2) is 5.69 Å². The first-order valence-corrected chi connectivity index (χ1v) is 9.45. The second-order valence-corrected chi connectivity index (χ2v) is 7.90. The van der Waals surface area contributed by atoms with Crippen LogP contribution in [0.4, 0.5) is 5.82 Å². The molecule has 1 aromatic rings. The van der Waals surface area contributed by atoms with E-state index in [0.29, 0.717) is 32.0 Å². The Labute approximate surface area is 142 Å². The Balaban J connectivity index is 1.93. The molecule has 0 aromatic carbocycles. The van der Waals surface area contributed by atoms with E-state index in [1.54, 1.807) is 12.1 Å². The highest BCUT2D eigenvalue weighted by Crippen LogP contribution is 2.16. The third-order valence-corrected chi connectivity index (χ3v) is 5.54. The van der Waals surface area contributed by atoms with E-state index in [4.69, 9.17) is 9.84 Å². The monoisotopic (exact) mass is 357 g/mol. The number of piperazine rings is 1. The summed E-state index contributed by atoms with van der Waals surface area (Å²) in [4.78, 5) is 17.0. The Kier molecular flexibility index (Phi) is 6.14. The Hall–Kier alpha value is -1.71. The van der Waals surface area contributed by atoms with Crippen molar-refractivity contribution in [1.82, 2.24) is 9.29 Å². The molecule has 0 bridgehead atoms. The van der Waals surface area contributed by atoms with Gasteiger partial charge in [0.2, 0.25) is 10.0 Å². The lowest BCUT2D eigenvalue weighted by Crippen LogP contribution is -2.50. The average molecular weight is 357 g/mol. The maximum Gasteiger partial charge on any atom is 0.354 e. The number of rotatable bonds is 7. The van der Waals surface area contributed by atoms with Gasteiger partial charge < -0.3 is 14.7 Å². The molecule has 1 N–H and O–H groups in total. The number of pyridine rings is 1. The lowest BCUT2D eigenvalue weighted by Gasteiger charge is -2.34. The minimum absolute atomic E-state index is 0.00429. The van der Waals surface area contributed by atoms with Gasteiger partial charge in [-0.1, -0.05) is 6.07 Å². The van der Waals surface area contributed by atoms with Crippen LogP contribution in [0.3, 0.4) is 0 Å². The van der Waals surface area contributed by atoms with E-state index in [1.165, 1.54) is 10.4 Å². The minimum atomic E-state index is -3.34. The van der Waals surface area contributed by atoms with Crippen LogP contribution in [0.5, 0.6) is 0 Å². The van der Waals surface area contributed by atoms with Gasteiger partial charge in [0, 0.05) is 26.2 Å². The molecule has 0 spiro atoms. The van der Waals surface area contributed by atoms with Gasteiger partial charge in [-0.3, -0.25) is 0 Å². The number of aromatic nitrogens is 1. The van der Waals surface area contributed by atoms with Crippen molar-refractivity contribution in [3.05, 3.63) is 23.9 Å². The Morgan fingerprint density at radius 1 is 1.29 bits per heavy atom. The largest absolute Gasteiger partial charge is 0.477 e. The van der Waals surface area contributed by atoms with E-state index in [0.717, 1.165) is 0 Å². The minimum Gasteiger partial charge on any atom is -0.477 e. The van der Waals surface area contributed by atoms with Crippen molar-refractivity contribution in [2.24, 2.45) is 0 Å². The van der Waals surface area contributed by atoms with E-state index in [2.05, 4.69) is 4.98 Å². The van der Waals surface area contributed by atoms with Crippen LogP contribution in [0.1, 0.15) is 24.3 Å². The zero-order valence-electron chi connectivity index (χ0n) is 13.9. The van der Waals surface area contributed by atoms with Crippen molar-refractivity contribution in [3.8, 4) is 0 Å². The lowest BCUT2D eigenvalue weighted by atomic mass is 10.3. The van der Waals surface area contributed by atoms with Gasteiger partial charge in [-0.25, -0.2) is 18.2 Å². The molecule has 0 atom stereocenters. The molecule has 2 rings (SSSR count). The average Bonchev–Trinajstić information content (AvgIpc) is 2.54. The molecule has 1 aliphatic rings. The van der Waals surface area contributed by atoms with Crippen molar-refractivity contribution in [3.63, 3.8) is 0 Å². The zero-order valence-corrected chi connectivity index (χ0v) is 14.7. The SMILES string of the molecule is CC(C)OCCS(=O)(=O)N1CCN(c2cccc(C(=O)O)n2)CC1. The van der Waals surface area contributed by atoms with Crippen molar-refractivity contribution in [2.75, 3.05) is 43.4 Å². The molecular weight excluding hydrogens is 334 g/mol. The topological polar surface area (TPSA) is 100 Å². The Morgan fingerprint density at radius 2 is 1.96 bits per heavy atom. The molecule has 1 aliphatic heterocycles. The fraction of sp³-hybridized carbons (Fsp3) is 0.600. The number of anilines is 1. The van der Waals surface area contributed by atoms with Gasteiger partial charge in [0.1, 0.15) is 5.82 Å². The number of carboxylic acids is 1. The summed E-state index contributed by atoms with van der Waals surface area (Å²) in [6, 6.07) is 4.80. The van der Waals surface area contributed by atoms with E-state index >= 15 is 0 Å². The Bertz CT molecular complexity index is 669. The number of hydrogen-bond donors (Lipinski definition) is 1. The molecule has 1 fully saturated rings. The molecule has 0 amide bonds. The number of nitrogens with zero attached hydrogens (tertiary/aromatic N) is 3. The van der Waals surface area contributed by atoms with Gasteiger partial charge in [-0.15, -0.1) is 0 Å². The first-order chi connectivity index (χ1) is 11.3. The number of carbonyl (C=O) groups is 1. The summed E-state index contributed by atoms with van der Waals surface area (Å²) < 4.78 is 31.3. The molecule has 1 aromatic heterocycles. The Morgan fingerprint density at radius 3 is 2.54 bits per heavy atom. The van der Waals surface area contributed by atoms with Gasteiger partial charge in [-0.2, -0.15) is 4.31 Å². The number of hydrogen-bond acceptors (Lipinski definition) is 6. The zero-order chi connectivity index (χ0) is 17.7. The highest BCUT2D eigenvalue weighted by atomic mass is 32.2. The molecule has 134 valence electrons. The van der Waals surface area contributed by atoms with E-state index in [-0.39, 0.29) is 24.2 Å². The third kappa shape index (κ3) is 4.89. The summed E-state index contributed by atoms with van der Waals surface area (Å²) in [7, 11) is -3.34. The maximum absolute atomic E-state index is 12.3. The molecular formula is C15H23N3O5S. The highest BCUT2D eigenvalue weighted by Gasteiger charge is 2.27. The molecule has 0 aliphatic carbocycles. The van der Waals surface area contributed by atoms with Crippen molar-refractivity contribution >= 4 is 21.8 Å². The van der Waals surface area contributed by atoms with E-state index in [1.807, 2.05) is 18.7 Å². The van der Waals surface area contributed by atoms with E-state index in [9.17, 15) is 13.2 Å². The van der Waals surface area contributed by atoms with Crippen LogP contribution in [-0.2, 0) is 14.8 Å². The number of ether oxygens (including phenoxy) is 1. The molecule has 8 nitrogen and oxygen atoms in total. The molecule has 1 saturated heterocycles. The summed E-state index contributed by atoms with van der Waals surface area (Å²) in [6.45, 7) is 5.56. The van der Waals surface area contributed by atoms with Crippen LogP contribution in [0.2, 0.25) is 0 Å². The fourth-order valence-corrected chi connectivity index (χ4v) is 3.72.